The van der Waals surface area contributed by atoms with E-state index in [1.807, 2.05) is 30.0 Å². The van der Waals surface area contributed by atoms with Crippen LogP contribution in [0.4, 0.5) is 5.69 Å². The lowest BCUT2D eigenvalue weighted by molar-refractivity contribution is -0.114. The largest absolute Gasteiger partial charge is 0.495 e. The van der Waals surface area contributed by atoms with Gasteiger partial charge in [-0.05, 0) is 49.1 Å². The molecule has 1 heterocycles. The van der Waals surface area contributed by atoms with Gasteiger partial charge in [0.25, 0.3) is 0 Å². The van der Waals surface area contributed by atoms with Gasteiger partial charge in [0.2, 0.25) is 5.91 Å². The number of ether oxygens (including phenoxy) is 1. The maximum atomic E-state index is 11.5. The lowest BCUT2D eigenvalue weighted by Crippen LogP contribution is -2.40. The van der Waals surface area contributed by atoms with Crippen LogP contribution in [0.25, 0.3) is 0 Å². The summed E-state index contributed by atoms with van der Waals surface area (Å²) in [6, 6.07) is 16.4. The second-order valence-corrected chi connectivity index (χ2v) is 8.70. The number of halogens is 1. The van der Waals surface area contributed by atoms with E-state index in [9.17, 15) is 4.79 Å². The first-order valence-corrected chi connectivity index (χ1v) is 11.7. The smallest absolute Gasteiger partial charge is 0.221 e. The zero-order valence-corrected chi connectivity index (χ0v) is 22.1. The molecule has 174 valence electrons. The number of anilines is 1. The van der Waals surface area contributed by atoms with Gasteiger partial charge >= 0.3 is 0 Å². The predicted octanol–water partition coefficient (Wildman–Crippen LogP) is 4.85. The summed E-state index contributed by atoms with van der Waals surface area (Å²) in [5.74, 6) is 3.25. The molecule has 1 aliphatic heterocycles. The van der Waals surface area contributed by atoms with Gasteiger partial charge in [0.1, 0.15) is 5.75 Å². The fraction of sp³-hybridized carbons (Fsp3) is 0.417. The highest BCUT2D eigenvalue weighted by molar-refractivity contribution is 14.0. The summed E-state index contributed by atoms with van der Waals surface area (Å²) in [5, 5.41) is 6.26. The Labute approximate surface area is 212 Å². The van der Waals surface area contributed by atoms with Crippen LogP contribution in [0.2, 0.25) is 0 Å². The van der Waals surface area contributed by atoms with Crippen molar-refractivity contribution in [1.29, 1.82) is 0 Å². The number of methoxy groups -OCH3 is 1. The van der Waals surface area contributed by atoms with E-state index < -0.39 is 0 Å². The van der Waals surface area contributed by atoms with Crippen molar-refractivity contribution < 1.29 is 9.53 Å². The minimum absolute atomic E-state index is 0. The standard InChI is InChI=1S/C24H32N4O2S.HI/c1-4-25-24(26-15-19-10-11-23(30-3)22(14-19)27-18(2)29)28-13-12-20(16-28)17-31-21-8-6-5-7-9-21;/h5-11,14,20H,4,12-13,15-17H2,1-3H3,(H,25,26)(H,27,29);1H. The van der Waals surface area contributed by atoms with Crippen molar-refractivity contribution in [1.82, 2.24) is 10.2 Å². The topological polar surface area (TPSA) is 66.0 Å². The zero-order chi connectivity index (χ0) is 22.1. The molecule has 32 heavy (non-hydrogen) atoms. The quantitative estimate of drug-likeness (QED) is 0.206. The van der Waals surface area contributed by atoms with Gasteiger partial charge in [0, 0.05) is 37.2 Å². The minimum atomic E-state index is -0.122. The fourth-order valence-electron chi connectivity index (χ4n) is 3.62. The van der Waals surface area contributed by atoms with E-state index in [1.165, 1.54) is 18.2 Å². The van der Waals surface area contributed by atoms with Gasteiger partial charge in [0.15, 0.2) is 5.96 Å². The molecule has 2 aromatic rings. The van der Waals surface area contributed by atoms with Crippen molar-refractivity contribution in [3.05, 3.63) is 54.1 Å². The van der Waals surface area contributed by atoms with Gasteiger partial charge < -0.3 is 20.3 Å². The van der Waals surface area contributed by atoms with Crippen molar-refractivity contribution >= 4 is 53.3 Å². The molecular weight excluding hydrogens is 535 g/mol. The fourth-order valence-corrected chi connectivity index (χ4v) is 4.67. The lowest BCUT2D eigenvalue weighted by Gasteiger charge is -2.22. The summed E-state index contributed by atoms with van der Waals surface area (Å²) < 4.78 is 5.34. The molecule has 0 radical (unpaired) electrons. The highest BCUT2D eigenvalue weighted by Crippen LogP contribution is 2.27. The first-order chi connectivity index (χ1) is 15.1. The average molecular weight is 569 g/mol. The van der Waals surface area contributed by atoms with Crippen molar-refractivity contribution in [3.8, 4) is 5.75 Å². The number of carbonyl (C=O) groups excluding carboxylic acids is 1. The number of hydrogen-bond acceptors (Lipinski definition) is 4. The van der Waals surface area contributed by atoms with Crippen molar-refractivity contribution in [2.75, 3.05) is 37.8 Å². The zero-order valence-electron chi connectivity index (χ0n) is 19.0. The van der Waals surface area contributed by atoms with Crippen LogP contribution < -0.4 is 15.4 Å². The number of hydrogen-bond donors (Lipinski definition) is 2. The molecule has 0 saturated carbocycles. The summed E-state index contributed by atoms with van der Waals surface area (Å²) in [6.45, 7) is 7.00. The van der Waals surface area contributed by atoms with Crippen LogP contribution in [-0.4, -0.2) is 49.3 Å². The predicted molar refractivity (Wildman–Crippen MR) is 144 cm³/mol. The van der Waals surface area contributed by atoms with Crippen LogP contribution in [0.15, 0.2) is 58.4 Å². The summed E-state index contributed by atoms with van der Waals surface area (Å²) in [4.78, 5) is 20.0. The first-order valence-electron chi connectivity index (χ1n) is 10.7. The third-order valence-electron chi connectivity index (χ3n) is 5.14. The maximum Gasteiger partial charge on any atom is 0.221 e. The molecule has 0 aliphatic carbocycles. The molecule has 6 nitrogen and oxygen atoms in total. The van der Waals surface area contributed by atoms with Crippen molar-refractivity contribution in [2.24, 2.45) is 10.9 Å². The molecule has 1 unspecified atom stereocenters. The molecule has 1 saturated heterocycles. The number of thioether (sulfide) groups is 1. The highest BCUT2D eigenvalue weighted by atomic mass is 127. The molecule has 2 aromatic carbocycles. The molecule has 2 N–H and O–H groups in total. The third kappa shape index (κ3) is 7.88. The number of guanidine groups is 1. The lowest BCUT2D eigenvalue weighted by atomic mass is 10.2. The van der Waals surface area contributed by atoms with Crippen molar-refractivity contribution in [3.63, 3.8) is 0 Å². The van der Waals surface area contributed by atoms with Crippen LogP contribution in [0, 0.1) is 5.92 Å². The molecule has 0 bridgehead atoms. The molecular formula is C24H33IN4O2S. The van der Waals surface area contributed by atoms with E-state index in [4.69, 9.17) is 9.73 Å². The van der Waals surface area contributed by atoms with E-state index >= 15 is 0 Å². The molecule has 1 fully saturated rings. The van der Waals surface area contributed by atoms with E-state index in [-0.39, 0.29) is 29.9 Å². The van der Waals surface area contributed by atoms with Gasteiger partial charge in [-0.3, -0.25) is 4.79 Å². The number of likely N-dealkylation sites (tertiary alicyclic amines) is 1. The highest BCUT2D eigenvalue weighted by Gasteiger charge is 2.25. The maximum absolute atomic E-state index is 11.5. The minimum Gasteiger partial charge on any atom is -0.495 e. The van der Waals surface area contributed by atoms with E-state index in [2.05, 4.69) is 52.8 Å². The molecule has 0 spiro atoms. The Morgan fingerprint density at radius 1 is 1.25 bits per heavy atom. The molecule has 1 atom stereocenters. The molecule has 1 amide bonds. The average Bonchev–Trinajstić information content (AvgIpc) is 3.24. The second kappa shape index (κ2) is 13.6. The number of carbonyl (C=O) groups is 1. The monoisotopic (exact) mass is 568 g/mol. The third-order valence-corrected chi connectivity index (χ3v) is 6.38. The van der Waals surface area contributed by atoms with E-state index in [0.717, 1.165) is 36.9 Å². The van der Waals surface area contributed by atoms with Crippen LogP contribution >= 0.6 is 35.7 Å². The SMILES string of the molecule is CCNC(=NCc1ccc(OC)c(NC(C)=O)c1)N1CCC(CSc2ccccc2)C1.I. The summed E-state index contributed by atoms with van der Waals surface area (Å²) in [6.07, 6.45) is 1.18. The van der Waals surface area contributed by atoms with Crippen LogP contribution in [0.1, 0.15) is 25.8 Å². The van der Waals surface area contributed by atoms with Gasteiger partial charge in [0.05, 0.1) is 19.3 Å². The van der Waals surface area contributed by atoms with E-state index in [0.29, 0.717) is 23.9 Å². The number of amides is 1. The Bertz CT molecular complexity index is 895. The summed E-state index contributed by atoms with van der Waals surface area (Å²) in [5.41, 5.74) is 1.70. The molecule has 8 heteroatoms. The Hall–Kier alpha value is -1.94. The van der Waals surface area contributed by atoms with Gasteiger partial charge in [-0.1, -0.05) is 24.3 Å². The molecule has 1 aliphatic rings. The van der Waals surface area contributed by atoms with Gasteiger partial charge in [-0.2, -0.15) is 0 Å². The second-order valence-electron chi connectivity index (χ2n) is 7.61. The van der Waals surface area contributed by atoms with Crippen LogP contribution in [-0.2, 0) is 11.3 Å². The Balaban J connectivity index is 0.00000363. The van der Waals surface area contributed by atoms with Crippen molar-refractivity contribution in [2.45, 2.75) is 31.7 Å². The van der Waals surface area contributed by atoms with E-state index in [1.54, 1.807) is 7.11 Å². The molecule has 0 aromatic heterocycles. The number of aliphatic imine (C=N–C) groups is 1. The number of nitrogens with one attached hydrogen (secondary N) is 2. The Kier molecular flexibility index (Phi) is 11.2. The first kappa shape index (κ1) is 26.3. The van der Waals surface area contributed by atoms with Gasteiger partial charge in [-0.25, -0.2) is 4.99 Å². The summed E-state index contributed by atoms with van der Waals surface area (Å²) >= 11 is 1.93. The number of rotatable bonds is 8. The molecule has 3 rings (SSSR count). The van der Waals surface area contributed by atoms with Gasteiger partial charge in [-0.15, -0.1) is 35.7 Å². The normalized spacial score (nSPS) is 15.8. The van der Waals surface area contributed by atoms with Crippen LogP contribution in [0.3, 0.4) is 0 Å². The Morgan fingerprint density at radius 2 is 2.03 bits per heavy atom. The number of nitrogens with zero attached hydrogens (tertiary/aromatic N) is 2. The summed E-state index contributed by atoms with van der Waals surface area (Å²) in [7, 11) is 1.60. The Morgan fingerprint density at radius 3 is 2.72 bits per heavy atom. The number of benzene rings is 2. The van der Waals surface area contributed by atoms with Crippen LogP contribution in [0.5, 0.6) is 5.75 Å².